The van der Waals surface area contributed by atoms with Gasteiger partial charge in [0.2, 0.25) is 0 Å². The number of phenols is 1. The molecule has 0 fully saturated rings. The monoisotopic (exact) mass is 256 g/mol. The molecule has 1 aromatic heterocycles. The van der Waals surface area contributed by atoms with Gasteiger partial charge in [-0.1, -0.05) is 19.1 Å². The molecule has 1 aromatic carbocycles. The number of nitrogens with one attached hydrogen (secondary N) is 1. The molecule has 0 bridgehead atoms. The summed E-state index contributed by atoms with van der Waals surface area (Å²) in [5.74, 6) is 0.321. The van der Waals surface area contributed by atoms with E-state index in [1.54, 1.807) is 6.07 Å². The highest BCUT2D eigenvalue weighted by Crippen LogP contribution is 2.20. The molecule has 1 heterocycles. The Morgan fingerprint density at radius 3 is 2.68 bits per heavy atom. The lowest BCUT2D eigenvalue weighted by molar-refractivity contribution is 0.472. The molecular weight excluding hydrogens is 236 g/mol. The average Bonchev–Trinajstić information content (AvgIpc) is 2.44. The van der Waals surface area contributed by atoms with Crippen LogP contribution in [0.3, 0.4) is 0 Å². The lowest BCUT2D eigenvalue weighted by atomic mass is 9.99. The number of pyridine rings is 1. The molecule has 0 radical (unpaired) electrons. The third-order valence-corrected chi connectivity index (χ3v) is 3.10. The molecule has 19 heavy (non-hydrogen) atoms. The molecule has 3 heteroatoms. The van der Waals surface area contributed by atoms with Crippen molar-refractivity contribution in [2.24, 2.45) is 0 Å². The van der Waals surface area contributed by atoms with Gasteiger partial charge in [-0.2, -0.15) is 0 Å². The SMILES string of the molecule is CCCNC(Cc1cccc(O)c1)c1ccncc1. The van der Waals surface area contributed by atoms with Crippen LogP contribution >= 0.6 is 0 Å². The Labute approximate surface area is 114 Å². The van der Waals surface area contributed by atoms with Gasteiger partial charge in [-0.05, 0) is 54.8 Å². The summed E-state index contributed by atoms with van der Waals surface area (Å²) in [7, 11) is 0. The van der Waals surface area contributed by atoms with Crippen LogP contribution in [0.25, 0.3) is 0 Å². The van der Waals surface area contributed by atoms with Gasteiger partial charge in [0.15, 0.2) is 0 Å². The van der Waals surface area contributed by atoms with Crippen molar-refractivity contribution in [3.63, 3.8) is 0 Å². The number of rotatable bonds is 6. The summed E-state index contributed by atoms with van der Waals surface area (Å²) in [6.07, 6.45) is 5.59. The quantitative estimate of drug-likeness (QED) is 0.835. The lowest BCUT2D eigenvalue weighted by Gasteiger charge is -2.19. The summed E-state index contributed by atoms with van der Waals surface area (Å²) in [5.41, 5.74) is 2.36. The summed E-state index contributed by atoms with van der Waals surface area (Å²) < 4.78 is 0. The van der Waals surface area contributed by atoms with Crippen LogP contribution < -0.4 is 5.32 Å². The van der Waals surface area contributed by atoms with Gasteiger partial charge in [-0.15, -0.1) is 0 Å². The summed E-state index contributed by atoms with van der Waals surface area (Å²) >= 11 is 0. The fourth-order valence-corrected chi connectivity index (χ4v) is 2.14. The van der Waals surface area contributed by atoms with Gasteiger partial charge >= 0.3 is 0 Å². The van der Waals surface area contributed by atoms with Crippen LogP contribution in [0, 0.1) is 0 Å². The number of aromatic hydroxyl groups is 1. The van der Waals surface area contributed by atoms with Gasteiger partial charge in [0.05, 0.1) is 0 Å². The first-order valence-corrected chi connectivity index (χ1v) is 6.71. The maximum Gasteiger partial charge on any atom is 0.115 e. The second kappa shape index (κ2) is 6.90. The van der Waals surface area contributed by atoms with Crippen molar-refractivity contribution >= 4 is 0 Å². The van der Waals surface area contributed by atoms with E-state index in [1.807, 2.05) is 42.7 Å². The standard InChI is InChI=1S/C16H20N2O/c1-2-8-18-16(14-6-9-17-10-7-14)12-13-4-3-5-15(19)11-13/h3-7,9-11,16,18-19H,2,8,12H2,1H3. The van der Waals surface area contributed by atoms with E-state index < -0.39 is 0 Å². The van der Waals surface area contributed by atoms with Crippen LogP contribution in [0.4, 0.5) is 0 Å². The predicted molar refractivity (Wildman–Crippen MR) is 77.1 cm³/mol. The summed E-state index contributed by atoms with van der Waals surface area (Å²) in [6.45, 7) is 3.14. The number of phenolic OH excluding ortho intramolecular Hbond substituents is 1. The molecule has 0 spiro atoms. The Hall–Kier alpha value is -1.87. The van der Waals surface area contributed by atoms with Crippen LogP contribution in [0.2, 0.25) is 0 Å². The molecule has 0 amide bonds. The second-order valence-corrected chi connectivity index (χ2v) is 4.66. The fourth-order valence-electron chi connectivity index (χ4n) is 2.14. The minimum absolute atomic E-state index is 0.254. The van der Waals surface area contributed by atoms with Gasteiger partial charge in [-0.25, -0.2) is 0 Å². The Morgan fingerprint density at radius 2 is 2.00 bits per heavy atom. The van der Waals surface area contributed by atoms with Gasteiger partial charge in [0.25, 0.3) is 0 Å². The minimum atomic E-state index is 0.254. The van der Waals surface area contributed by atoms with Crippen LogP contribution in [0.1, 0.15) is 30.5 Å². The molecule has 2 N–H and O–H groups in total. The molecule has 1 atom stereocenters. The zero-order valence-electron chi connectivity index (χ0n) is 11.2. The Balaban J connectivity index is 2.14. The van der Waals surface area contributed by atoms with Crippen molar-refractivity contribution in [3.05, 3.63) is 59.9 Å². The summed E-state index contributed by atoms with van der Waals surface area (Å²) in [5, 5.41) is 13.1. The van der Waals surface area contributed by atoms with E-state index >= 15 is 0 Å². The molecule has 0 aliphatic rings. The Kier molecular flexibility index (Phi) is 4.93. The average molecular weight is 256 g/mol. The van der Waals surface area contributed by atoms with E-state index in [-0.39, 0.29) is 6.04 Å². The first-order valence-electron chi connectivity index (χ1n) is 6.71. The number of nitrogens with zero attached hydrogens (tertiary/aromatic N) is 1. The molecule has 3 nitrogen and oxygen atoms in total. The highest BCUT2D eigenvalue weighted by Gasteiger charge is 2.11. The first kappa shape index (κ1) is 13.6. The van der Waals surface area contributed by atoms with Crippen LogP contribution in [0.5, 0.6) is 5.75 Å². The topological polar surface area (TPSA) is 45.1 Å². The number of hydrogen-bond acceptors (Lipinski definition) is 3. The number of benzene rings is 1. The molecule has 0 saturated carbocycles. The van der Waals surface area contributed by atoms with Crippen molar-refractivity contribution < 1.29 is 5.11 Å². The molecular formula is C16H20N2O. The van der Waals surface area contributed by atoms with Gasteiger partial charge in [-0.3, -0.25) is 4.98 Å². The molecule has 0 aliphatic carbocycles. The van der Waals surface area contributed by atoms with Crippen LogP contribution in [0.15, 0.2) is 48.8 Å². The normalized spacial score (nSPS) is 12.3. The van der Waals surface area contributed by atoms with Gasteiger partial charge in [0.1, 0.15) is 5.75 Å². The molecule has 2 rings (SSSR count). The predicted octanol–water partition coefficient (Wildman–Crippen LogP) is 3.07. The summed E-state index contributed by atoms with van der Waals surface area (Å²) in [4.78, 5) is 4.06. The Bertz CT molecular complexity index is 499. The van der Waals surface area contributed by atoms with Crippen molar-refractivity contribution in [2.75, 3.05) is 6.54 Å². The molecule has 2 aromatic rings. The van der Waals surface area contributed by atoms with Crippen molar-refractivity contribution in [2.45, 2.75) is 25.8 Å². The largest absolute Gasteiger partial charge is 0.508 e. The van der Waals surface area contributed by atoms with Crippen molar-refractivity contribution in [1.82, 2.24) is 10.3 Å². The zero-order valence-corrected chi connectivity index (χ0v) is 11.2. The molecule has 0 saturated heterocycles. The summed E-state index contributed by atoms with van der Waals surface area (Å²) in [6, 6.07) is 11.8. The van der Waals surface area contributed by atoms with E-state index in [0.717, 1.165) is 24.9 Å². The Morgan fingerprint density at radius 1 is 1.21 bits per heavy atom. The van der Waals surface area contributed by atoms with E-state index in [4.69, 9.17) is 0 Å². The molecule has 1 unspecified atom stereocenters. The maximum absolute atomic E-state index is 9.54. The zero-order chi connectivity index (χ0) is 13.5. The molecule has 0 aliphatic heterocycles. The van der Waals surface area contributed by atoms with Crippen LogP contribution in [-0.2, 0) is 6.42 Å². The second-order valence-electron chi connectivity index (χ2n) is 4.66. The highest BCUT2D eigenvalue weighted by atomic mass is 16.3. The van der Waals surface area contributed by atoms with Crippen molar-refractivity contribution in [1.29, 1.82) is 0 Å². The number of aromatic nitrogens is 1. The molecule has 100 valence electrons. The lowest BCUT2D eigenvalue weighted by Crippen LogP contribution is -2.24. The van der Waals surface area contributed by atoms with Crippen LogP contribution in [-0.4, -0.2) is 16.6 Å². The van der Waals surface area contributed by atoms with E-state index in [9.17, 15) is 5.11 Å². The minimum Gasteiger partial charge on any atom is -0.508 e. The maximum atomic E-state index is 9.54. The van der Waals surface area contributed by atoms with Gasteiger partial charge < -0.3 is 10.4 Å². The van der Waals surface area contributed by atoms with E-state index in [0.29, 0.717) is 5.75 Å². The van der Waals surface area contributed by atoms with E-state index in [1.165, 1.54) is 5.56 Å². The highest BCUT2D eigenvalue weighted by molar-refractivity contribution is 5.29. The van der Waals surface area contributed by atoms with Gasteiger partial charge in [0, 0.05) is 18.4 Å². The number of hydrogen-bond donors (Lipinski definition) is 2. The fraction of sp³-hybridized carbons (Fsp3) is 0.312. The third-order valence-electron chi connectivity index (χ3n) is 3.10. The smallest absolute Gasteiger partial charge is 0.115 e. The third kappa shape index (κ3) is 4.07. The van der Waals surface area contributed by atoms with E-state index in [2.05, 4.69) is 17.2 Å². The van der Waals surface area contributed by atoms with Crippen molar-refractivity contribution in [3.8, 4) is 5.75 Å². The first-order chi connectivity index (χ1) is 9.29.